The maximum atomic E-state index is 12.9. The van der Waals surface area contributed by atoms with E-state index in [4.69, 9.17) is 0 Å². The predicted octanol–water partition coefficient (Wildman–Crippen LogP) is 2.04. The van der Waals surface area contributed by atoms with E-state index in [0.717, 1.165) is 25.9 Å². The molecule has 2 saturated heterocycles. The highest BCUT2D eigenvalue weighted by atomic mass is 32.2. The monoisotopic (exact) mass is 450 g/mol. The Kier molecular flexibility index (Phi) is 9.14. The molecule has 31 heavy (non-hydrogen) atoms. The van der Waals surface area contributed by atoms with Gasteiger partial charge in [0.15, 0.2) is 0 Å². The van der Waals surface area contributed by atoms with E-state index in [-0.39, 0.29) is 35.0 Å². The molecule has 1 N–H and O–H groups in total. The molecular weight excluding hydrogens is 419 g/mol. The number of anilines is 1. The van der Waals surface area contributed by atoms with Gasteiger partial charge in [0.2, 0.25) is 17.7 Å². The second-order valence-corrected chi connectivity index (χ2v) is 8.99. The van der Waals surface area contributed by atoms with Crippen LogP contribution < -0.4 is 5.32 Å². The van der Waals surface area contributed by atoms with Crippen molar-refractivity contribution in [3.63, 3.8) is 0 Å². The van der Waals surface area contributed by atoms with Gasteiger partial charge in [-0.3, -0.25) is 19.3 Å². The van der Waals surface area contributed by atoms with Crippen molar-refractivity contribution in [2.75, 3.05) is 62.6 Å². The van der Waals surface area contributed by atoms with Crippen molar-refractivity contribution in [1.82, 2.24) is 14.7 Å². The Morgan fingerprint density at radius 2 is 1.42 bits per heavy atom. The van der Waals surface area contributed by atoms with Crippen molar-refractivity contribution in [1.29, 1.82) is 0 Å². The van der Waals surface area contributed by atoms with Gasteiger partial charge >= 0.3 is 0 Å². The molecule has 2 heterocycles. The number of rotatable bonds is 7. The first-order valence-corrected chi connectivity index (χ1v) is 12.1. The highest BCUT2D eigenvalue weighted by Crippen LogP contribution is 2.12. The van der Waals surface area contributed by atoms with Crippen molar-refractivity contribution >= 4 is 35.2 Å². The molecule has 0 radical (unpaired) electrons. The molecule has 2 fully saturated rings. The Morgan fingerprint density at radius 1 is 0.806 bits per heavy atom. The van der Waals surface area contributed by atoms with E-state index in [1.165, 1.54) is 48.9 Å². The van der Waals surface area contributed by atoms with Gasteiger partial charge in [-0.15, -0.1) is 11.8 Å². The average Bonchev–Trinajstić information content (AvgIpc) is 3.05. The zero-order valence-corrected chi connectivity index (χ0v) is 18.7. The van der Waals surface area contributed by atoms with Crippen molar-refractivity contribution in [3.8, 4) is 0 Å². The third-order valence-corrected chi connectivity index (χ3v) is 6.55. The van der Waals surface area contributed by atoms with Crippen LogP contribution in [0, 0.1) is 5.82 Å². The average molecular weight is 451 g/mol. The molecule has 1 aromatic carbocycles. The van der Waals surface area contributed by atoms with Crippen molar-refractivity contribution in [2.24, 2.45) is 0 Å². The van der Waals surface area contributed by atoms with Gasteiger partial charge in [0.1, 0.15) is 5.82 Å². The number of thioether (sulfide) groups is 1. The van der Waals surface area contributed by atoms with Crippen molar-refractivity contribution in [2.45, 2.75) is 25.7 Å². The van der Waals surface area contributed by atoms with E-state index in [1.807, 2.05) is 4.90 Å². The Bertz CT molecular complexity index is 746. The lowest BCUT2D eigenvalue weighted by Crippen LogP contribution is -2.52. The normalized spacial score (nSPS) is 17.8. The van der Waals surface area contributed by atoms with Crippen LogP contribution in [0.5, 0.6) is 0 Å². The van der Waals surface area contributed by atoms with Crippen molar-refractivity contribution < 1.29 is 18.8 Å². The molecule has 0 aliphatic carbocycles. The fourth-order valence-corrected chi connectivity index (χ4v) is 4.54. The maximum Gasteiger partial charge on any atom is 0.236 e. The summed E-state index contributed by atoms with van der Waals surface area (Å²) in [6, 6.07) is 5.57. The fraction of sp³-hybridized carbons (Fsp3) is 0.591. The molecule has 2 aliphatic rings. The number of benzene rings is 1. The van der Waals surface area contributed by atoms with Crippen LogP contribution in [0.4, 0.5) is 10.1 Å². The molecule has 2 aliphatic heterocycles. The lowest BCUT2D eigenvalue weighted by molar-refractivity contribution is -0.134. The smallest absolute Gasteiger partial charge is 0.236 e. The van der Waals surface area contributed by atoms with Gasteiger partial charge < -0.3 is 15.1 Å². The van der Waals surface area contributed by atoms with Gasteiger partial charge in [-0.2, -0.15) is 0 Å². The number of piperazine rings is 1. The molecule has 7 nitrogen and oxygen atoms in total. The Hall–Kier alpha value is -2.13. The number of nitrogens with zero attached hydrogens (tertiary/aromatic N) is 3. The summed E-state index contributed by atoms with van der Waals surface area (Å²) in [6.07, 6.45) is 4.59. The van der Waals surface area contributed by atoms with Crippen LogP contribution in [0.15, 0.2) is 24.3 Å². The lowest BCUT2D eigenvalue weighted by Gasteiger charge is -2.35. The number of amides is 3. The Morgan fingerprint density at radius 3 is 2.06 bits per heavy atom. The molecule has 170 valence electrons. The summed E-state index contributed by atoms with van der Waals surface area (Å²) in [7, 11) is 0. The predicted molar refractivity (Wildman–Crippen MR) is 120 cm³/mol. The number of halogens is 1. The van der Waals surface area contributed by atoms with Gasteiger partial charge in [-0.25, -0.2) is 4.39 Å². The lowest BCUT2D eigenvalue weighted by atomic mass is 10.2. The minimum Gasteiger partial charge on any atom is -0.342 e. The van der Waals surface area contributed by atoms with E-state index in [1.54, 1.807) is 4.90 Å². The molecule has 0 saturated carbocycles. The largest absolute Gasteiger partial charge is 0.342 e. The maximum absolute atomic E-state index is 12.9. The second kappa shape index (κ2) is 12.0. The van der Waals surface area contributed by atoms with Crippen LogP contribution >= 0.6 is 11.8 Å². The third-order valence-electron chi connectivity index (χ3n) is 5.63. The second-order valence-electron chi connectivity index (χ2n) is 8.00. The summed E-state index contributed by atoms with van der Waals surface area (Å²) in [4.78, 5) is 42.8. The Labute approximate surface area is 187 Å². The summed E-state index contributed by atoms with van der Waals surface area (Å²) < 4.78 is 12.9. The van der Waals surface area contributed by atoms with Crippen LogP contribution in [-0.2, 0) is 14.4 Å². The van der Waals surface area contributed by atoms with E-state index >= 15 is 0 Å². The molecule has 3 amide bonds. The van der Waals surface area contributed by atoms with Gasteiger partial charge in [0.25, 0.3) is 0 Å². The first kappa shape index (κ1) is 23.5. The number of carbonyl (C=O) groups is 3. The number of likely N-dealkylation sites (tertiary alicyclic amines) is 1. The summed E-state index contributed by atoms with van der Waals surface area (Å²) in [5.74, 6) is 0.0323. The first-order valence-electron chi connectivity index (χ1n) is 10.9. The zero-order valence-electron chi connectivity index (χ0n) is 17.9. The molecule has 1 aromatic rings. The fourth-order valence-electron chi connectivity index (χ4n) is 3.82. The summed E-state index contributed by atoms with van der Waals surface area (Å²) >= 11 is 1.27. The van der Waals surface area contributed by atoms with Crippen molar-refractivity contribution in [3.05, 3.63) is 30.1 Å². The van der Waals surface area contributed by atoms with Crippen LogP contribution in [0.25, 0.3) is 0 Å². The van der Waals surface area contributed by atoms with E-state index < -0.39 is 0 Å². The van der Waals surface area contributed by atoms with Gasteiger partial charge in [-0.1, -0.05) is 12.8 Å². The van der Waals surface area contributed by atoms with Crippen LogP contribution in [-0.4, -0.2) is 89.7 Å². The number of hydrogen-bond acceptors (Lipinski definition) is 5. The third kappa shape index (κ3) is 7.81. The van der Waals surface area contributed by atoms with E-state index in [0.29, 0.717) is 38.4 Å². The molecule has 0 spiro atoms. The SMILES string of the molecule is O=C(CSCC(=O)N1CCN(CC(=O)N2CCCCCC2)CC1)Nc1ccc(F)cc1. The topological polar surface area (TPSA) is 73.0 Å². The molecule has 0 aromatic heterocycles. The minimum absolute atomic E-state index is 0.0121. The molecule has 0 bridgehead atoms. The highest BCUT2D eigenvalue weighted by Gasteiger charge is 2.24. The van der Waals surface area contributed by atoms with Gasteiger partial charge in [-0.05, 0) is 37.1 Å². The summed E-state index contributed by atoms with van der Waals surface area (Å²) in [5, 5.41) is 2.68. The molecule has 0 atom stereocenters. The minimum atomic E-state index is -0.357. The van der Waals surface area contributed by atoms with Crippen LogP contribution in [0.2, 0.25) is 0 Å². The quantitative estimate of drug-likeness (QED) is 0.688. The first-order chi connectivity index (χ1) is 15.0. The summed E-state index contributed by atoms with van der Waals surface area (Å²) in [6.45, 7) is 4.76. The molecule has 3 rings (SSSR count). The van der Waals surface area contributed by atoms with E-state index in [2.05, 4.69) is 10.2 Å². The van der Waals surface area contributed by atoms with Crippen LogP contribution in [0.1, 0.15) is 25.7 Å². The Balaban J connectivity index is 1.31. The molecule has 9 heteroatoms. The van der Waals surface area contributed by atoms with Crippen LogP contribution in [0.3, 0.4) is 0 Å². The molecular formula is C22H31FN4O3S. The van der Waals surface area contributed by atoms with Gasteiger partial charge in [0.05, 0.1) is 18.1 Å². The number of hydrogen-bond donors (Lipinski definition) is 1. The van der Waals surface area contributed by atoms with E-state index in [9.17, 15) is 18.8 Å². The standard InChI is InChI=1S/C22H31FN4O3S/c23-18-5-7-19(8-6-18)24-20(28)16-31-17-22(30)27-13-11-25(12-14-27)15-21(29)26-9-3-1-2-4-10-26/h5-8H,1-4,9-17H2,(H,24,28). The highest BCUT2D eigenvalue weighted by molar-refractivity contribution is 8.00. The molecule has 0 unspecified atom stereocenters. The number of carbonyl (C=O) groups excluding carboxylic acids is 3. The van der Waals surface area contributed by atoms with Gasteiger partial charge in [0, 0.05) is 45.0 Å². The number of nitrogens with one attached hydrogen (secondary N) is 1. The zero-order chi connectivity index (χ0) is 22.1. The summed E-state index contributed by atoms with van der Waals surface area (Å²) in [5.41, 5.74) is 0.532.